The molecule has 140 valence electrons. The van der Waals surface area contributed by atoms with Crippen LogP contribution in [0.1, 0.15) is 19.8 Å². The molecule has 0 bridgehead atoms. The van der Waals surface area contributed by atoms with E-state index in [9.17, 15) is 23.6 Å². The van der Waals surface area contributed by atoms with Crippen molar-refractivity contribution < 1.29 is 28.3 Å². The fourth-order valence-corrected chi connectivity index (χ4v) is 2.92. The fraction of sp³-hybridized carbons (Fsp3) is 0.412. The predicted octanol–water partition coefficient (Wildman–Crippen LogP) is 1.58. The van der Waals surface area contributed by atoms with Crippen LogP contribution in [-0.2, 0) is 23.9 Å². The summed E-state index contributed by atoms with van der Waals surface area (Å²) in [5, 5.41) is 1.92. The van der Waals surface area contributed by atoms with Crippen molar-refractivity contribution in [2.75, 3.05) is 24.2 Å². The summed E-state index contributed by atoms with van der Waals surface area (Å²) >= 11 is 1.05. The Morgan fingerprint density at radius 3 is 2.62 bits per heavy atom. The van der Waals surface area contributed by atoms with Crippen LogP contribution in [0.5, 0.6) is 0 Å². The number of carbonyl (C=O) groups is 4. The maximum atomic E-state index is 12.8. The first-order chi connectivity index (χ1) is 12.4. The topological polar surface area (TPSA) is 92.8 Å². The van der Waals surface area contributed by atoms with Gasteiger partial charge in [-0.05, 0) is 37.6 Å². The lowest BCUT2D eigenvalue weighted by Crippen LogP contribution is -2.36. The molecule has 1 N–H and O–H groups in total. The lowest BCUT2D eigenvalue weighted by molar-refractivity contribution is -0.154. The first-order valence-electron chi connectivity index (χ1n) is 8.03. The van der Waals surface area contributed by atoms with Gasteiger partial charge in [0.15, 0.2) is 6.61 Å². The van der Waals surface area contributed by atoms with Crippen molar-refractivity contribution in [3.05, 3.63) is 30.1 Å². The average molecular weight is 382 g/mol. The minimum Gasteiger partial charge on any atom is -0.455 e. The highest BCUT2D eigenvalue weighted by atomic mass is 32.2. The second kappa shape index (κ2) is 9.33. The summed E-state index contributed by atoms with van der Waals surface area (Å²) in [7, 11) is 0. The monoisotopic (exact) mass is 382 g/mol. The predicted molar refractivity (Wildman–Crippen MR) is 93.9 cm³/mol. The Labute approximate surface area is 154 Å². The molecule has 2 rings (SSSR count). The van der Waals surface area contributed by atoms with Crippen molar-refractivity contribution in [2.45, 2.75) is 25.0 Å². The molecule has 26 heavy (non-hydrogen) atoms. The zero-order valence-corrected chi connectivity index (χ0v) is 15.0. The number of benzene rings is 1. The molecular formula is C17H19FN2O5S. The molecule has 0 aromatic heterocycles. The van der Waals surface area contributed by atoms with Gasteiger partial charge >= 0.3 is 5.97 Å². The molecule has 3 amide bonds. The molecule has 0 unspecified atom stereocenters. The van der Waals surface area contributed by atoms with Gasteiger partial charge in [-0.25, -0.2) is 4.39 Å². The summed E-state index contributed by atoms with van der Waals surface area (Å²) in [6.45, 7) is 1.42. The summed E-state index contributed by atoms with van der Waals surface area (Å²) in [5.41, 5.74) is 0.452. The molecule has 0 radical (unpaired) electrons. The van der Waals surface area contributed by atoms with Gasteiger partial charge in [0, 0.05) is 18.7 Å². The average Bonchev–Trinajstić information content (AvgIpc) is 3.05. The SMILES string of the molecule is C[C@H](SCC(=O)Nc1ccc(F)cc1)C(=O)OCC(=O)N1CCCC1=O. The van der Waals surface area contributed by atoms with Crippen LogP contribution in [0, 0.1) is 5.82 Å². The van der Waals surface area contributed by atoms with Crippen LogP contribution in [0.25, 0.3) is 0 Å². The second-order valence-corrected chi connectivity index (χ2v) is 6.99. The minimum absolute atomic E-state index is 0.00774. The Balaban J connectivity index is 1.69. The van der Waals surface area contributed by atoms with Gasteiger partial charge in [0.1, 0.15) is 11.1 Å². The van der Waals surface area contributed by atoms with Crippen LogP contribution in [0.3, 0.4) is 0 Å². The molecule has 1 aromatic rings. The van der Waals surface area contributed by atoms with E-state index >= 15 is 0 Å². The van der Waals surface area contributed by atoms with E-state index in [1.807, 2.05) is 0 Å². The number of likely N-dealkylation sites (tertiary alicyclic amines) is 1. The number of halogens is 1. The van der Waals surface area contributed by atoms with E-state index < -0.39 is 29.6 Å². The van der Waals surface area contributed by atoms with Gasteiger partial charge in [0.25, 0.3) is 5.91 Å². The number of carbonyl (C=O) groups excluding carboxylic acids is 4. The highest BCUT2D eigenvalue weighted by Gasteiger charge is 2.27. The third-order valence-corrected chi connectivity index (χ3v) is 4.76. The number of thioether (sulfide) groups is 1. The Kier molecular flexibility index (Phi) is 7.14. The maximum absolute atomic E-state index is 12.8. The summed E-state index contributed by atoms with van der Waals surface area (Å²) in [5.74, 6) is -2.19. The normalized spacial score (nSPS) is 14.8. The van der Waals surface area contributed by atoms with Crippen LogP contribution < -0.4 is 5.32 Å². The summed E-state index contributed by atoms with van der Waals surface area (Å²) in [6.07, 6.45) is 0.947. The van der Waals surface area contributed by atoms with E-state index in [4.69, 9.17) is 4.74 Å². The molecule has 1 fully saturated rings. The second-order valence-electron chi connectivity index (χ2n) is 5.66. The number of amides is 3. The molecule has 1 atom stereocenters. The van der Waals surface area contributed by atoms with Crippen LogP contribution in [0.4, 0.5) is 10.1 Å². The molecule has 9 heteroatoms. The van der Waals surface area contributed by atoms with Crippen LogP contribution in [0.15, 0.2) is 24.3 Å². The van der Waals surface area contributed by atoms with Gasteiger partial charge < -0.3 is 10.1 Å². The first-order valence-corrected chi connectivity index (χ1v) is 9.08. The third kappa shape index (κ3) is 5.83. The standard InChI is InChI=1S/C17H19FN2O5S/c1-11(17(24)25-9-16(23)20-8-2-3-15(20)22)26-10-14(21)19-13-6-4-12(18)5-7-13/h4-7,11H,2-3,8-10H2,1H3,(H,19,21)/t11-/m0/s1. The zero-order chi connectivity index (χ0) is 19.1. The number of esters is 1. The molecule has 0 saturated carbocycles. The van der Waals surface area contributed by atoms with Crippen LogP contribution in [-0.4, -0.2) is 52.7 Å². The molecule has 0 spiro atoms. The minimum atomic E-state index is -0.656. The van der Waals surface area contributed by atoms with Gasteiger partial charge in [-0.15, -0.1) is 11.8 Å². The maximum Gasteiger partial charge on any atom is 0.319 e. The largest absolute Gasteiger partial charge is 0.455 e. The molecule has 1 aliphatic rings. The van der Waals surface area contributed by atoms with Crippen molar-refractivity contribution in [3.63, 3.8) is 0 Å². The molecule has 1 heterocycles. The van der Waals surface area contributed by atoms with E-state index in [1.54, 1.807) is 6.92 Å². The summed E-state index contributed by atoms with van der Waals surface area (Å²) < 4.78 is 17.7. The van der Waals surface area contributed by atoms with E-state index in [-0.39, 0.29) is 17.6 Å². The number of rotatable bonds is 7. The quantitative estimate of drug-likeness (QED) is 0.720. The third-order valence-electron chi connectivity index (χ3n) is 3.64. The van der Waals surface area contributed by atoms with E-state index in [0.717, 1.165) is 16.7 Å². The van der Waals surface area contributed by atoms with Crippen LogP contribution >= 0.6 is 11.8 Å². The molecule has 0 aliphatic carbocycles. The molecule has 7 nitrogen and oxygen atoms in total. The molecule has 1 aliphatic heterocycles. The summed E-state index contributed by atoms with van der Waals surface area (Å²) in [4.78, 5) is 48.0. The number of ether oxygens (including phenoxy) is 1. The lowest BCUT2D eigenvalue weighted by Gasteiger charge is -2.15. The first kappa shape index (κ1) is 19.9. The van der Waals surface area contributed by atoms with Gasteiger partial charge in [0.05, 0.1) is 5.75 Å². The number of hydrogen-bond acceptors (Lipinski definition) is 6. The van der Waals surface area contributed by atoms with Gasteiger partial charge in [0.2, 0.25) is 11.8 Å². The number of nitrogens with zero attached hydrogens (tertiary/aromatic N) is 1. The van der Waals surface area contributed by atoms with Crippen molar-refractivity contribution >= 4 is 41.1 Å². The van der Waals surface area contributed by atoms with Gasteiger partial charge in [-0.2, -0.15) is 0 Å². The lowest BCUT2D eigenvalue weighted by atomic mass is 10.3. The van der Waals surface area contributed by atoms with E-state index in [1.165, 1.54) is 24.3 Å². The Hall–Kier alpha value is -2.42. The molecule has 1 aromatic carbocycles. The number of hydrogen-bond donors (Lipinski definition) is 1. The van der Waals surface area contributed by atoms with Crippen molar-refractivity contribution in [3.8, 4) is 0 Å². The molecular weight excluding hydrogens is 363 g/mol. The van der Waals surface area contributed by atoms with Gasteiger partial charge in [-0.3, -0.25) is 24.1 Å². The highest BCUT2D eigenvalue weighted by molar-refractivity contribution is 8.01. The van der Waals surface area contributed by atoms with Crippen LogP contribution in [0.2, 0.25) is 0 Å². The van der Waals surface area contributed by atoms with Gasteiger partial charge in [-0.1, -0.05) is 0 Å². The number of imide groups is 1. The zero-order valence-electron chi connectivity index (χ0n) is 14.2. The highest BCUT2D eigenvalue weighted by Crippen LogP contribution is 2.15. The van der Waals surface area contributed by atoms with Crippen molar-refractivity contribution in [2.24, 2.45) is 0 Å². The summed E-state index contributed by atoms with van der Waals surface area (Å²) in [6, 6.07) is 5.32. The molecule has 1 saturated heterocycles. The number of anilines is 1. The van der Waals surface area contributed by atoms with E-state index in [2.05, 4.69) is 5.32 Å². The van der Waals surface area contributed by atoms with Crippen molar-refractivity contribution in [1.29, 1.82) is 0 Å². The Morgan fingerprint density at radius 1 is 1.31 bits per heavy atom. The smallest absolute Gasteiger partial charge is 0.319 e. The fourth-order valence-electron chi connectivity index (χ4n) is 2.24. The Bertz CT molecular complexity index is 695. The number of nitrogens with one attached hydrogen (secondary N) is 1. The van der Waals surface area contributed by atoms with Crippen molar-refractivity contribution in [1.82, 2.24) is 4.90 Å². The van der Waals surface area contributed by atoms with E-state index in [0.29, 0.717) is 25.1 Å². The Morgan fingerprint density at radius 2 is 2.00 bits per heavy atom.